The van der Waals surface area contributed by atoms with Crippen molar-refractivity contribution < 1.29 is 19.0 Å². The third-order valence-corrected chi connectivity index (χ3v) is 9.12. The standard InChI is InChI=1S/C23H27BrFN5O3S/c1-22(31)11-29(7-8-32-12-22)19-16-15-3-5-26-18(24)17(15)34-20(16)28-21(27-19)33-13-23-4-2-6-30(23)10-14(25)9-23/h3,5,14,31H,2,4,6-13H2,1H3/t14-,22+,23+/m1/s1. The highest BCUT2D eigenvalue weighted by Crippen LogP contribution is 2.43. The van der Waals surface area contributed by atoms with E-state index in [0.29, 0.717) is 45.1 Å². The third-order valence-electron chi connectivity index (χ3n) is 7.15. The molecule has 3 atom stereocenters. The van der Waals surface area contributed by atoms with Gasteiger partial charge in [-0.3, -0.25) is 4.90 Å². The molecule has 0 spiro atoms. The van der Waals surface area contributed by atoms with Crippen molar-refractivity contribution >= 4 is 53.4 Å². The van der Waals surface area contributed by atoms with Crippen molar-refractivity contribution in [2.24, 2.45) is 0 Å². The number of nitrogens with zero attached hydrogens (tertiary/aromatic N) is 5. The van der Waals surface area contributed by atoms with Gasteiger partial charge in [0.1, 0.15) is 33.6 Å². The maximum atomic E-state index is 14.2. The van der Waals surface area contributed by atoms with Gasteiger partial charge in [0.25, 0.3) is 0 Å². The molecule has 3 aromatic rings. The molecule has 0 saturated carbocycles. The van der Waals surface area contributed by atoms with Gasteiger partial charge >= 0.3 is 6.01 Å². The van der Waals surface area contributed by atoms with Crippen LogP contribution >= 0.6 is 27.3 Å². The van der Waals surface area contributed by atoms with Crippen molar-refractivity contribution in [2.75, 3.05) is 50.9 Å². The fourth-order valence-corrected chi connectivity index (χ4v) is 7.27. The molecular formula is C23H27BrFN5O3S. The molecule has 0 amide bonds. The Kier molecular flexibility index (Phi) is 5.68. The molecule has 0 unspecified atom stereocenters. The molecule has 6 heterocycles. The van der Waals surface area contributed by atoms with Crippen LogP contribution < -0.4 is 9.64 Å². The monoisotopic (exact) mass is 551 g/mol. The summed E-state index contributed by atoms with van der Waals surface area (Å²) in [4.78, 5) is 19.1. The average molecular weight is 552 g/mol. The molecule has 0 aromatic carbocycles. The lowest BCUT2D eigenvalue weighted by Gasteiger charge is -2.31. The maximum Gasteiger partial charge on any atom is 0.319 e. The Labute approximate surface area is 209 Å². The first-order valence-electron chi connectivity index (χ1n) is 11.7. The molecule has 182 valence electrons. The van der Waals surface area contributed by atoms with Gasteiger partial charge in [-0.25, -0.2) is 9.37 Å². The number of thiophene rings is 1. The van der Waals surface area contributed by atoms with E-state index in [9.17, 15) is 9.50 Å². The number of hydrogen-bond acceptors (Lipinski definition) is 9. The van der Waals surface area contributed by atoms with E-state index in [4.69, 9.17) is 19.4 Å². The van der Waals surface area contributed by atoms with Gasteiger partial charge in [0, 0.05) is 31.1 Å². The second kappa shape index (κ2) is 8.48. The van der Waals surface area contributed by atoms with Gasteiger partial charge in [0.2, 0.25) is 0 Å². The second-order valence-corrected chi connectivity index (χ2v) is 11.7. The van der Waals surface area contributed by atoms with E-state index in [0.717, 1.165) is 44.3 Å². The van der Waals surface area contributed by atoms with Crippen molar-refractivity contribution in [1.82, 2.24) is 19.9 Å². The molecule has 34 heavy (non-hydrogen) atoms. The highest BCUT2D eigenvalue weighted by molar-refractivity contribution is 9.10. The second-order valence-electron chi connectivity index (χ2n) is 9.93. The molecule has 3 fully saturated rings. The first-order valence-corrected chi connectivity index (χ1v) is 13.3. The molecule has 3 saturated heterocycles. The fourth-order valence-electron chi connectivity index (χ4n) is 5.66. The summed E-state index contributed by atoms with van der Waals surface area (Å²) in [5.41, 5.74) is -1.28. The highest BCUT2D eigenvalue weighted by Gasteiger charge is 2.49. The molecule has 6 rings (SSSR count). The van der Waals surface area contributed by atoms with Gasteiger partial charge in [-0.1, -0.05) is 0 Å². The minimum Gasteiger partial charge on any atom is -0.461 e. The molecule has 0 bridgehead atoms. The number of anilines is 1. The van der Waals surface area contributed by atoms with E-state index in [-0.39, 0.29) is 18.2 Å². The van der Waals surface area contributed by atoms with Crippen molar-refractivity contribution in [3.8, 4) is 6.01 Å². The zero-order valence-electron chi connectivity index (χ0n) is 19.0. The Morgan fingerprint density at radius 3 is 3.15 bits per heavy atom. The van der Waals surface area contributed by atoms with Gasteiger partial charge in [-0.2, -0.15) is 9.97 Å². The Balaban J connectivity index is 1.42. The minimum atomic E-state index is -1.01. The summed E-state index contributed by atoms with van der Waals surface area (Å²) < 4.78 is 27.8. The number of halogens is 2. The topological polar surface area (TPSA) is 83.8 Å². The van der Waals surface area contributed by atoms with Gasteiger partial charge in [-0.15, -0.1) is 11.3 Å². The normalized spacial score (nSPS) is 30.2. The van der Waals surface area contributed by atoms with Crippen LogP contribution in [-0.4, -0.2) is 88.3 Å². The van der Waals surface area contributed by atoms with Gasteiger partial charge in [-0.05, 0) is 48.3 Å². The number of β-amino-alcohol motifs (C(OH)–C–C–N with tert-alkyl or cyclic N) is 1. The lowest BCUT2D eigenvalue weighted by molar-refractivity contribution is -0.0123. The number of ether oxygens (including phenoxy) is 2. The van der Waals surface area contributed by atoms with Crippen molar-refractivity contribution in [3.63, 3.8) is 0 Å². The Hall–Kier alpha value is -1.66. The van der Waals surface area contributed by atoms with Crippen LogP contribution in [0, 0.1) is 0 Å². The largest absolute Gasteiger partial charge is 0.461 e. The van der Waals surface area contributed by atoms with Crippen LogP contribution in [0.1, 0.15) is 26.2 Å². The number of aliphatic hydroxyl groups is 1. The number of pyridine rings is 1. The summed E-state index contributed by atoms with van der Waals surface area (Å²) in [7, 11) is 0. The number of aromatic nitrogens is 3. The first kappa shape index (κ1) is 22.8. The van der Waals surface area contributed by atoms with E-state index < -0.39 is 11.8 Å². The number of alkyl halides is 1. The van der Waals surface area contributed by atoms with E-state index in [2.05, 4.69) is 30.7 Å². The molecule has 3 aliphatic heterocycles. The van der Waals surface area contributed by atoms with Crippen LogP contribution in [0.15, 0.2) is 16.9 Å². The smallest absolute Gasteiger partial charge is 0.319 e. The predicted octanol–water partition coefficient (Wildman–Crippen LogP) is 3.54. The predicted molar refractivity (Wildman–Crippen MR) is 133 cm³/mol. The third kappa shape index (κ3) is 3.95. The fraction of sp³-hybridized carbons (Fsp3) is 0.609. The number of rotatable bonds is 4. The summed E-state index contributed by atoms with van der Waals surface area (Å²) in [5, 5.41) is 12.7. The maximum absolute atomic E-state index is 14.2. The lowest BCUT2D eigenvalue weighted by atomic mass is 9.95. The summed E-state index contributed by atoms with van der Waals surface area (Å²) >= 11 is 5.09. The zero-order valence-corrected chi connectivity index (χ0v) is 21.4. The number of hydrogen-bond donors (Lipinski definition) is 1. The van der Waals surface area contributed by atoms with Crippen LogP contribution in [-0.2, 0) is 4.74 Å². The number of fused-ring (bicyclic) bond motifs is 4. The van der Waals surface area contributed by atoms with E-state index in [1.54, 1.807) is 13.1 Å². The van der Waals surface area contributed by atoms with Crippen LogP contribution in [0.2, 0.25) is 0 Å². The summed E-state index contributed by atoms with van der Waals surface area (Å²) in [5.74, 6) is 0.714. The Morgan fingerprint density at radius 2 is 2.26 bits per heavy atom. The van der Waals surface area contributed by atoms with Crippen molar-refractivity contribution in [1.29, 1.82) is 0 Å². The summed E-state index contributed by atoms with van der Waals surface area (Å²) in [6.07, 6.45) is 3.43. The van der Waals surface area contributed by atoms with E-state index in [1.165, 1.54) is 11.3 Å². The Bertz CT molecular complexity index is 1240. The summed E-state index contributed by atoms with van der Waals surface area (Å²) in [6, 6.07) is 2.25. The lowest BCUT2D eigenvalue weighted by Crippen LogP contribution is -2.43. The van der Waals surface area contributed by atoms with E-state index >= 15 is 0 Å². The Morgan fingerprint density at radius 1 is 1.38 bits per heavy atom. The van der Waals surface area contributed by atoms with Crippen molar-refractivity contribution in [3.05, 3.63) is 16.9 Å². The van der Waals surface area contributed by atoms with Crippen LogP contribution in [0.3, 0.4) is 0 Å². The minimum absolute atomic E-state index is 0.268. The van der Waals surface area contributed by atoms with Gasteiger partial charge in [0.05, 0.1) is 35.4 Å². The summed E-state index contributed by atoms with van der Waals surface area (Å²) in [6.45, 7) is 5.26. The molecular weight excluding hydrogens is 525 g/mol. The van der Waals surface area contributed by atoms with E-state index in [1.807, 2.05) is 6.07 Å². The molecule has 0 aliphatic carbocycles. The highest BCUT2D eigenvalue weighted by atomic mass is 79.9. The van der Waals surface area contributed by atoms with Crippen LogP contribution in [0.25, 0.3) is 20.3 Å². The van der Waals surface area contributed by atoms with Gasteiger partial charge < -0.3 is 19.5 Å². The molecule has 0 radical (unpaired) electrons. The van der Waals surface area contributed by atoms with Gasteiger partial charge in [0.15, 0.2) is 0 Å². The SMILES string of the molecule is C[C@@]1(O)COCCN(c2nc(OC[C@@]34CCCN3C[C@H](F)C4)nc3sc4c(Br)nccc4c23)C1. The quantitative estimate of drug-likeness (QED) is 0.493. The van der Waals surface area contributed by atoms with Crippen LogP contribution in [0.5, 0.6) is 6.01 Å². The molecule has 3 aliphatic rings. The van der Waals surface area contributed by atoms with Crippen molar-refractivity contribution in [2.45, 2.75) is 43.5 Å². The zero-order chi connectivity index (χ0) is 23.5. The van der Waals surface area contributed by atoms with Crippen LogP contribution in [0.4, 0.5) is 10.2 Å². The molecule has 11 heteroatoms. The molecule has 1 N–H and O–H groups in total. The molecule has 8 nitrogen and oxygen atoms in total. The molecule has 3 aromatic heterocycles. The first-order chi connectivity index (χ1) is 16.3. The average Bonchev–Trinajstić information content (AvgIpc) is 3.40.